The van der Waals surface area contributed by atoms with Gasteiger partial charge in [-0.3, -0.25) is 0 Å². The number of hydrogen-bond acceptors (Lipinski definition) is 0. The van der Waals surface area contributed by atoms with Crippen LogP contribution in [0.5, 0.6) is 0 Å². The SMILES string of the molecule is Cc1cc([S])c(C)c(C)c1C. The molecule has 1 heteroatoms. The molecule has 0 bridgehead atoms. The molecule has 0 heterocycles. The summed E-state index contributed by atoms with van der Waals surface area (Å²) < 4.78 is 0. The van der Waals surface area contributed by atoms with E-state index >= 15 is 0 Å². The molecular weight excluding hydrogens is 152 g/mol. The zero-order chi connectivity index (χ0) is 8.59. The smallest absolute Gasteiger partial charge is 0.0411 e. The fraction of sp³-hybridized carbons (Fsp3) is 0.400. The van der Waals surface area contributed by atoms with Gasteiger partial charge in [-0.2, -0.15) is 0 Å². The number of benzene rings is 1. The molecule has 0 N–H and O–H groups in total. The topological polar surface area (TPSA) is 0 Å². The monoisotopic (exact) mass is 165 g/mol. The van der Waals surface area contributed by atoms with Crippen molar-refractivity contribution >= 4 is 12.6 Å². The fourth-order valence-corrected chi connectivity index (χ4v) is 1.50. The lowest BCUT2D eigenvalue weighted by atomic mass is 10.00. The Bertz CT molecular complexity index is 261. The predicted octanol–water partition coefficient (Wildman–Crippen LogP) is 3.48. The van der Waals surface area contributed by atoms with Crippen LogP contribution >= 0.6 is 12.6 Å². The zero-order valence-electron chi connectivity index (χ0n) is 7.49. The molecule has 0 saturated heterocycles. The van der Waals surface area contributed by atoms with E-state index in [9.17, 15) is 0 Å². The molecule has 0 amide bonds. The normalized spacial score (nSPS) is 10.2. The molecule has 1 radical (unpaired) electrons. The Hall–Kier alpha value is -0.560. The first-order chi connectivity index (χ1) is 5.04. The summed E-state index contributed by atoms with van der Waals surface area (Å²) >= 11 is 5.19. The van der Waals surface area contributed by atoms with Crippen molar-refractivity contribution in [2.75, 3.05) is 0 Å². The molecule has 0 atom stereocenters. The highest BCUT2D eigenvalue weighted by atomic mass is 32.1. The van der Waals surface area contributed by atoms with E-state index in [0.717, 1.165) is 4.90 Å². The van der Waals surface area contributed by atoms with Gasteiger partial charge in [0, 0.05) is 4.90 Å². The molecule has 0 saturated carbocycles. The molecule has 0 aliphatic carbocycles. The Morgan fingerprint density at radius 1 is 0.909 bits per heavy atom. The van der Waals surface area contributed by atoms with Gasteiger partial charge in [0.25, 0.3) is 0 Å². The summed E-state index contributed by atoms with van der Waals surface area (Å²) in [4.78, 5) is 0.991. The average molecular weight is 165 g/mol. The standard InChI is InChI=1S/C10H13S/c1-6-5-10(11)9(4)8(3)7(6)2/h5H,1-4H3. The van der Waals surface area contributed by atoms with Gasteiger partial charge in [-0.05, 0) is 56.0 Å². The van der Waals surface area contributed by atoms with E-state index in [-0.39, 0.29) is 0 Å². The van der Waals surface area contributed by atoms with Crippen LogP contribution in [0.1, 0.15) is 22.3 Å². The van der Waals surface area contributed by atoms with Crippen molar-refractivity contribution in [2.45, 2.75) is 32.6 Å². The minimum absolute atomic E-state index is 0.991. The lowest BCUT2D eigenvalue weighted by Gasteiger charge is -2.09. The second-order valence-corrected chi connectivity index (χ2v) is 3.51. The summed E-state index contributed by atoms with van der Waals surface area (Å²) in [7, 11) is 0. The van der Waals surface area contributed by atoms with E-state index in [4.69, 9.17) is 12.6 Å². The van der Waals surface area contributed by atoms with Crippen molar-refractivity contribution in [3.05, 3.63) is 28.3 Å². The van der Waals surface area contributed by atoms with Crippen molar-refractivity contribution < 1.29 is 0 Å². The van der Waals surface area contributed by atoms with Crippen LogP contribution in [0.3, 0.4) is 0 Å². The van der Waals surface area contributed by atoms with Crippen LogP contribution < -0.4 is 0 Å². The van der Waals surface area contributed by atoms with Gasteiger partial charge in [-0.25, -0.2) is 0 Å². The van der Waals surface area contributed by atoms with Crippen LogP contribution in [0.2, 0.25) is 0 Å². The molecule has 0 aromatic heterocycles. The molecule has 0 aliphatic heterocycles. The second-order valence-electron chi connectivity index (χ2n) is 3.07. The molecule has 0 fully saturated rings. The Morgan fingerprint density at radius 3 is 2.00 bits per heavy atom. The van der Waals surface area contributed by atoms with Gasteiger partial charge >= 0.3 is 0 Å². The third-order valence-corrected chi connectivity index (χ3v) is 2.86. The van der Waals surface area contributed by atoms with E-state index in [1.54, 1.807) is 0 Å². The van der Waals surface area contributed by atoms with Crippen LogP contribution in [-0.2, 0) is 0 Å². The number of hydrogen-bond donors (Lipinski definition) is 0. The Balaban J connectivity index is 3.46. The molecule has 0 aliphatic rings. The van der Waals surface area contributed by atoms with Gasteiger partial charge in [0.05, 0.1) is 0 Å². The highest BCUT2D eigenvalue weighted by Gasteiger charge is 2.03. The molecule has 11 heavy (non-hydrogen) atoms. The summed E-state index contributed by atoms with van der Waals surface area (Å²) in [6.45, 7) is 8.47. The minimum Gasteiger partial charge on any atom is -0.0798 e. The minimum atomic E-state index is 0.991. The zero-order valence-corrected chi connectivity index (χ0v) is 8.30. The van der Waals surface area contributed by atoms with E-state index in [2.05, 4.69) is 33.8 Å². The number of rotatable bonds is 0. The summed E-state index contributed by atoms with van der Waals surface area (Å²) in [5.74, 6) is 0. The summed E-state index contributed by atoms with van der Waals surface area (Å²) in [6, 6.07) is 2.08. The van der Waals surface area contributed by atoms with Crippen LogP contribution in [0.25, 0.3) is 0 Å². The van der Waals surface area contributed by atoms with Crippen LogP contribution in [0.15, 0.2) is 11.0 Å². The lowest BCUT2D eigenvalue weighted by molar-refractivity contribution is 1.15. The van der Waals surface area contributed by atoms with Gasteiger partial charge in [0.1, 0.15) is 0 Å². The van der Waals surface area contributed by atoms with Crippen LogP contribution in [0.4, 0.5) is 0 Å². The molecular formula is C10H13S. The van der Waals surface area contributed by atoms with Gasteiger partial charge in [0.15, 0.2) is 0 Å². The maximum absolute atomic E-state index is 5.19. The molecule has 0 unspecified atom stereocenters. The van der Waals surface area contributed by atoms with Gasteiger partial charge in [-0.15, -0.1) is 0 Å². The number of aryl methyl sites for hydroxylation is 1. The first-order valence-corrected chi connectivity index (χ1v) is 4.19. The van der Waals surface area contributed by atoms with Gasteiger partial charge < -0.3 is 0 Å². The first kappa shape index (κ1) is 8.54. The third kappa shape index (κ3) is 1.38. The van der Waals surface area contributed by atoms with E-state index < -0.39 is 0 Å². The van der Waals surface area contributed by atoms with Crippen molar-refractivity contribution in [2.24, 2.45) is 0 Å². The summed E-state index contributed by atoms with van der Waals surface area (Å²) in [5.41, 5.74) is 5.27. The molecule has 1 rings (SSSR count). The van der Waals surface area contributed by atoms with E-state index in [1.165, 1.54) is 22.3 Å². The average Bonchev–Trinajstić information content (AvgIpc) is 1.97. The molecule has 1 aromatic carbocycles. The molecule has 1 aromatic rings. The quantitative estimate of drug-likeness (QED) is 0.552. The van der Waals surface area contributed by atoms with E-state index in [0.29, 0.717) is 0 Å². The Kier molecular flexibility index (Phi) is 2.19. The van der Waals surface area contributed by atoms with Crippen molar-refractivity contribution in [3.63, 3.8) is 0 Å². The molecule has 59 valence electrons. The summed E-state index contributed by atoms with van der Waals surface area (Å²) in [5, 5.41) is 0. The van der Waals surface area contributed by atoms with Crippen molar-refractivity contribution in [1.82, 2.24) is 0 Å². The van der Waals surface area contributed by atoms with Crippen LogP contribution in [0, 0.1) is 27.7 Å². The van der Waals surface area contributed by atoms with Gasteiger partial charge in [0.2, 0.25) is 0 Å². The largest absolute Gasteiger partial charge is 0.0798 e. The lowest BCUT2D eigenvalue weighted by Crippen LogP contribution is -1.91. The van der Waals surface area contributed by atoms with Crippen LogP contribution in [-0.4, -0.2) is 0 Å². The van der Waals surface area contributed by atoms with Crippen molar-refractivity contribution in [1.29, 1.82) is 0 Å². The van der Waals surface area contributed by atoms with E-state index in [1.807, 2.05) is 0 Å². The molecule has 0 spiro atoms. The third-order valence-electron chi connectivity index (χ3n) is 2.43. The highest BCUT2D eigenvalue weighted by molar-refractivity contribution is 7.80. The molecule has 0 nitrogen and oxygen atoms in total. The maximum atomic E-state index is 5.19. The maximum Gasteiger partial charge on any atom is 0.0411 e. The Morgan fingerprint density at radius 2 is 1.45 bits per heavy atom. The first-order valence-electron chi connectivity index (χ1n) is 3.78. The van der Waals surface area contributed by atoms with Crippen molar-refractivity contribution in [3.8, 4) is 0 Å². The van der Waals surface area contributed by atoms with Gasteiger partial charge in [-0.1, -0.05) is 12.6 Å². The summed E-state index contributed by atoms with van der Waals surface area (Å²) in [6.07, 6.45) is 0. The highest BCUT2D eigenvalue weighted by Crippen LogP contribution is 2.23. The second kappa shape index (κ2) is 2.82. The Labute approximate surface area is 74.0 Å². The predicted molar refractivity (Wildman–Crippen MR) is 51.2 cm³/mol. The fourth-order valence-electron chi connectivity index (χ4n) is 1.17.